The summed E-state index contributed by atoms with van der Waals surface area (Å²) in [6.45, 7) is 8.78. The van der Waals surface area contributed by atoms with E-state index in [0.717, 1.165) is 0 Å². The molecule has 2 amide bonds. The third-order valence-corrected chi connectivity index (χ3v) is 6.08. The Morgan fingerprint density at radius 2 is 0.800 bits per heavy atom. The molecule has 14 heteroatoms. The van der Waals surface area contributed by atoms with Crippen LogP contribution in [0.2, 0.25) is 0 Å². The van der Waals surface area contributed by atoms with Crippen molar-refractivity contribution in [3.05, 3.63) is 0 Å². The topological polar surface area (TPSA) is 101 Å². The number of hydrogen-bond acceptors (Lipinski definition) is 6. The van der Waals surface area contributed by atoms with Gasteiger partial charge in [-0.25, -0.2) is 9.59 Å². The maximum atomic E-state index is 12.1. The largest absolute Gasteiger partial charge is 0.444 e. The molecule has 0 aromatic carbocycles. The normalized spacial score (nSPS) is 24.3. The van der Waals surface area contributed by atoms with E-state index in [0.29, 0.717) is 51.4 Å². The van der Waals surface area contributed by atoms with E-state index in [4.69, 9.17) is 9.47 Å². The predicted molar refractivity (Wildman–Crippen MR) is 139 cm³/mol. The Bertz CT molecular complexity index is 701. The van der Waals surface area contributed by atoms with Crippen LogP contribution >= 0.6 is 0 Å². The predicted octanol–water partition coefficient (Wildman–Crippen LogP) is 5.95. The zero-order chi connectivity index (χ0) is 30.8. The number of halogens is 6. The van der Waals surface area contributed by atoms with Crippen molar-refractivity contribution >= 4 is 12.2 Å². The number of carbonyl (C=O) groups excluding carboxylic acids is 2. The minimum absolute atomic E-state index is 0.0196. The minimum atomic E-state index is -4.17. The fourth-order valence-electron chi connectivity index (χ4n) is 4.35. The van der Waals surface area contributed by atoms with Crippen LogP contribution in [-0.4, -0.2) is 73.0 Å². The van der Waals surface area contributed by atoms with E-state index in [1.165, 1.54) is 0 Å². The maximum Gasteiger partial charge on any atom is 0.407 e. The second-order valence-corrected chi connectivity index (χ2v) is 12.4. The van der Waals surface area contributed by atoms with Gasteiger partial charge in [0.25, 0.3) is 0 Å². The molecule has 0 spiro atoms. The van der Waals surface area contributed by atoms with Gasteiger partial charge in [-0.2, -0.15) is 26.3 Å². The van der Waals surface area contributed by atoms with Crippen LogP contribution in [0.15, 0.2) is 0 Å². The Labute approximate surface area is 233 Å². The van der Waals surface area contributed by atoms with Gasteiger partial charge in [-0.3, -0.25) is 0 Å². The number of alkyl carbamates (subject to hydrolysis) is 2. The molecule has 0 bridgehead atoms. The highest BCUT2D eigenvalue weighted by Crippen LogP contribution is 2.22. The Balaban J connectivity index is 0.000000400. The Kier molecular flexibility index (Phi) is 13.8. The number of carbonyl (C=O) groups is 2. The molecule has 2 aliphatic rings. The molecule has 0 radical (unpaired) electrons. The van der Waals surface area contributed by atoms with Crippen molar-refractivity contribution < 1.29 is 45.4 Å². The first-order chi connectivity index (χ1) is 18.1. The molecule has 0 unspecified atom stereocenters. The van der Waals surface area contributed by atoms with Crippen LogP contribution in [-0.2, 0) is 9.47 Å². The molecule has 0 aromatic rings. The molecule has 0 saturated heterocycles. The van der Waals surface area contributed by atoms with Crippen LogP contribution in [0.4, 0.5) is 35.9 Å². The summed E-state index contributed by atoms with van der Waals surface area (Å²) < 4.78 is 82.8. The van der Waals surface area contributed by atoms with Gasteiger partial charge in [0, 0.05) is 24.2 Å². The minimum Gasteiger partial charge on any atom is -0.444 e. The fraction of sp³-hybridized carbons (Fsp3) is 0.923. The Morgan fingerprint density at radius 3 is 1.02 bits per heavy atom. The number of alkyl halides is 6. The lowest BCUT2D eigenvalue weighted by Crippen LogP contribution is -2.45. The molecular formula is C26H46F6N4O4. The van der Waals surface area contributed by atoms with E-state index in [9.17, 15) is 35.9 Å². The lowest BCUT2D eigenvalue weighted by Gasteiger charge is -2.30. The molecule has 2 fully saturated rings. The summed E-state index contributed by atoms with van der Waals surface area (Å²) >= 11 is 0. The molecule has 0 aromatic heterocycles. The number of hydrogen-bond donors (Lipinski definition) is 4. The molecule has 40 heavy (non-hydrogen) atoms. The van der Waals surface area contributed by atoms with Crippen LogP contribution in [0.3, 0.4) is 0 Å². The molecule has 0 atom stereocenters. The van der Waals surface area contributed by atoms with E-state index in [1.54, 1.807) is 41.5 Å². The summed E-state index contributed by atoms with van der Waals surface area (Å²) in [6.07, 6.45) is -4.15. The first-order valence-electron chi connectivity index (χ1n) is 13.7. The van der Waals surface area contributed by atoms with E-state index < -0.39 is 48.8 Å². The smallest absolute Gasteiger partial charge is 0.407 e. The number of nitrogens with one attached hydrogen (secondary N) is 4. The monoisotopic (exact) mass is 592 g/mol. The van der Waals surface area contributed by atoms with Crippen LogP contribution < -0.4 is 21.3 Å². The lowest BCUT2D eigenvalue weighted by atomic mass is 9.91. The lowest BCUT2D eigenvalue weighted by molar-refractivity contribution is -0.127. The van der Waals surface area contributed by atoms with Crippen molar-refractivity contribution in [1.29, 1.82) is 0 Å². The fourth-order valence-corrected chi connectivity index (χ4v) is 4.35. The molecule has 0 aliphatic heterocycles. The highest BCUT2D eigenvalue weighted by Gasteiger charge is 2.31. The summed E-state index contributed by atoms with van der Waals surface area (Å²) in [5.41, 5.74) is -1.09. The van der Waals surface area contributed by atoms with Crippen molar-refractivity contribution in [3.63, 3.8) is 0 Å². The Morgan fingerprint density at radius 1 is 0.550 bits per heavy atom. The van der Waals surface area contributed by atoms with Crippen molar-refractivity contribution in [1.82, 2.24) is 21.3 Å². The van der Waals surface area contributed by atoms with Gasteiger partial charge in [0.15, 0.2) is 0 Å². The third kappa shape index (κ3) is 19.2. The van der Waals surface area contributed by atoms with Gasteiger partial charge < -0.3 is 30.7 Å². The Hall–Kier alpha value is -1.96. The molecule has 2 aliphatic carbocycles. The van der Waals surface area contributed by atoms with Gasteiger partial charge in [-0.05, 0) is 92.9 Å². The molecule has 2 rings (SSSR count). The highest BCUT2D eigenvalue weighted by atomic mass is 19.4. The summed E-state index contributed by atoms with van der Waals surface area (Å²) in [5.74, 6) is 0. The quantitative estimate of drug-likeness (QED) is 0.285. The van der Waals surface area contributed by atoms with Gasteiger partial charge in [0.2, 0.25) is 0 Å². The van der Waals surface area contributed by atoms with Crippen LogP contribution in [0.5, 0.6) is 0 Å². The van der Waals surface area contributed by atoms with Crippen molar-refractivity contribution in [3.8, 4) is 0 Å². The molecule has 2 saturated carbocycles. The van der Waals surface area contributed by atoms with Gasteiger partial charge in [-0.15, -0.1) is 0 Å². The van der Waals surface area contributed by atoms with Crippen molar-refractivity contribution in [2.45, 2.75) is 141 Å². The van der Waals surface area contributed by atoms with Crippen LogP contribution in [0.1, 0.15) is 92.9 Å². The third-order valence-electron chi connectivity index (χ3n) is 6.08. The highest BCUT2D eigenvalue weighted by molar-refractivity contribution is 5.68. The maximum absolute atomic E-state index is 12.1. The van der Waals surface area contributed by atoms with E-state index in [-0.39, 0.29) is 24.2 Å². The molecule has 0 heterocycles. The summed E-state index contributed by atoms with van der Waals surface area (Å²) in [6, 6.07) is -0.302. The van der Waals surface area contributed by atoms with Gasteiger partial charge >= 0.3 is 24.5 Å². The van der Waals surface area contributed by atoms with Crippen molar-refractivity contribution in [2.24, 2.45) is 0 Å². The average molecular weight is 593 g/mol. The molecule has 236 valence electrons. The van der Waals surface area contributed by atoms with Gasteiger partial charge in [-0.1, -0.05) is 0 Å². The molecule has 8 nitrogen and oxygen atoms in total. The van der Waals surface area contributed by atoms with Gasteiger partial charge in [0.1, 0.15) is 11.2 Å². The average Bonchev–Trinajstić information content (AvgIpc) is 2.75. The summed E-state index contributed by atoms with van der Waals surface area (Å²) in [5, 5.41) is 10.5. The van der Waals surface area contributed by atoms with Gasteiger partial charge in [0.05, 0.1) is 13.1 Å². The van der Waals surface area contributed by atoms with E-state index in [2.05, 4.69) is 21.3 Å². The van der Waals surface area contributed by atoms with Crippen LogP contribution in [0.25, 0.3) is 0 Å². The van der Waals surface area contributed by atoms with E-state index in [1.807, 2.05) is 0 Å². The first kappa shape index (κ1) is 36.1. The standard InChI is InChI=1S/2C13H23F3N2O2/c2*1-12(2,3)20-11(19)18-10-6-4-9(5-7-10)17-8-13(14,15)16/h2*9-10,17H,4-8H2,1-3H3,(H,18,19). The SMILES string of the molecule is CC(C)(C)OC(=O)NC1CCC(NCC(F)(F)F)CC1.CC(C)(C)OC(=O)NC1CCC(NCC(F)(F)F)CC1. The first-order valence-corrected chi connectivity index (χ1v) is 13.7. The second-order valence-electron chi connectivity index (χ2n) is 12.4. The van der Waals surface area contributed by atoms with Crippen LogP contribution in [0, 0.1) is 0 Å². The number of ether oxygens (including phenoxy) is 2. The zero-order valence-electron chi connectivity index (χ0n) is 24.3. The van der Waals surface area contributed by atoms with E-state index >= 15 is 0 Å². The zero-order valence-corrected chi connectivity index (χ0v) is 24.3. The summed E-state index contributed by atoms with van der Waals surface area (Å²) in [7, 11) is 0. The second kappa shape index (κ2) is 15.3. The molecule has 4 N–H and O–H groups in total. The molecular weight excluding hydrogens is 546 g/mol. The van der Waals surface area contributed by atoms with Crippen molar-refractivity contribution in [2.75, 3.05) is 13.1 Å². The number of rotatable bonds is 6. The number of amides is 2. The summed E-state index contributed by atoms with van der Waals surface area (Å²) in [4.78, 5) is 23.1.